The van der Waals surface area contributed by atoms with Gasteiger partial charge >= 0.3 is 0 Å². The van der Waals surface area contributed by atoms with Gasteiger partial charge in [0.15, 0.2) is 0 Å². The van der Waals surface area contributed by atoms with Crippen LogP contribution in [0.25, 0.3) is 0 Å². The van der Waals surface area contributed by atoms with E-state index in [2.05, 4.69) is 129 Å². The van der Waals surface area contributed by atoms with Crippen molar-refractivity contribution in [3.63, 3.8) is 0 Å². The van der Waals surface area contributed by atoms with E-state index in [1.807, 2.05) is 49.1 Å². The van der Waals surface area contributed by atoms with Crippen LogP contribution in [0, 0.1) is 0 Å². The van der Waals surface area contributed by atoms with Crippen LogP contribution < -0.4 is 13.8 Å². The molecule has 4 nitrogen and oxygen atoms in total. The van der Waals surface area contributed by atoms with Gasteiger partial charge in [0.2, 0.25) is 0 Å². The zero-order chi connectivity index (χ0) is 37.2. The molecule has 4 aromatic rings. The summed E-state index contributed by atoms with van der Waals surface area (Å²) in [6, 6.07) is 28.6. The minimum absolute atomic E-state index is 0.00859. The van der Waals surface area contributed by atoms with Crippen LogP contribution in [0.15, 0.2) is 84.9 Å². The summed E-state index contributed by atoms with van der Waals surface area (Å²) in [5.41, 5.74) is 7.70. The lowest BCUT2D eigenvalue weighted by atomic mass is 9.80. The second-order valence-electron chi connectivity index (χ2n) is 16.5. The maximum Gasteiger partial charge on any atom is 0.126 e. The van der Waals surface area contributed by atoms with Crippen molar-refractivity contribution >= 4 is 18.3 Å². The molecule has 0 saturated carbocycles. The molecule has 4 aromatic carbocycles. The number of ether oxygens (including phenoxy) is 1. The third-order valence-electron chi connectivity index (χ3n) is 8.21. The number of phenolic OH excluding ortho intramolecular Hbond substituents is 1. The van der Waals surface area contributed by atoms with Gasteiger partial charge in [0.25, 0.3) is 0 Å². The Kier molecular flexibility index (Phi) is 15.2. The Hall–Kier alpha value is -3.06. The maximum atomic E-state index is 9.84. The summed E-state index contributed by atoms with van der Waals surface area (Å²) in [5, 5.41) is 9.84. The van der Waals surface area contributed by atoms with Crippen molar-refractivity contribution in [1.82, 2.24) is 0 Å². The molecule has 0 aliphatic carbocycles. The number of aromatic hydroxyl groups is 1. The van der Waals surface area contributed by atoms with Gasteiger partial charge in [-0.3, -0.25) is 0 Å². The Bertz CT molecular complexity index is 1620. The molecular formula is C43H62O4P2. The Morgan fingerprint density at radius 2 is 1.02 bits per heavy atom. The average Bonchev–Trinajstić information content (AvgIpc) is 3.01. The average molecular weight is 705 g/mol. The zero-order valence-electron chi connectivity index (χ0n) is 32.5. The van der Waals surface area contributed by atoms with Crippen LogP contribution in [0.1, 0.15) is 116 Å². The van der Waals surface area contributed by atoms with Crippen molar-refractivity contribution in [1.29, 1.82) is 0 Å². The largest absolute Gasteiger partial charge is 0.508 e. The Morgan fingerprint density at radius 3 is 1.47 bits per heavy atom. The van der Waals surface area contributed by atoms with Gasteiger partial charge in [0.05, 0.1) is 25.4 Å². The molecule has 6 heteroatoms. The molecule has 0 bridgehead atoms. The predicted molar refractivity (Wildman–Crippen MR) is 217 cm³/mol. The molecule has 0 aliphatic rings. The van der Waals surface area contributed by atoms with Crippen LogP contribution in [0.5, 0.6) is 23.0 Å². The number of benzene rings is 4. The molecule has 0 spiro atoms. The maximum absolute atomic E-state index is 9.84. The molecule has 0 heterocycles. The highest BCUT2D eigenvalue weighted by atomic mass is 31.1. The molecule has 0 aromatic heterocycles. The van der Waals surface area contributed by atoms with Crippen LogP contribution in [0.4, 0.5) is 0 Å². The predicted octanol–water partition coefficient (Wildman–Crippen LogP) is 12.3. The quantitative estimate of drug-likeness (QED) is 0.203. The summed E-state index contributed by atoms with van der Waals surface area (Å²) < 4.78 is 16.4. The zero-order valence-corrected chi connectivity index (χ0v) is 34.7. The third kappa shape index (κ3) is 13.0. The number of hydrogen-bond acceptors (Lipinski definition) is 4. The summed E-state index contributed by atoms with van der Waals surface area (Å²) in [6.07, 6.45) is 0.811. The smallest absolute Gasteiger partial charge is 0.126 e. The van der Waals surface area contributed by atoms with Crippen LogP contribution >= 0.6 is 18.3 Å². The highest BCUT2D eigenvalue weighted by Crippen LogP contribution is 2.36. The lowest BCUT2D eigenvalue weighted by Crippen LogP contribution is -2.17. The molecule has 4 rings (SSSR count). The van der Waals surface area contributed by atoms with Gasteiger partial charge in [-0.05, 0) is 86.0 Å². The molecule has 0 radical (unpaired) electrons. The van der Waals surface area contributed by atoms with Gasteiger partial charge in [-0.2, -0.15) is 0 Å². The fourth-order valence-corrected chi connectivity index (χ4v) is 5.84. The first kappa shape index (κ1) is 42.1. The number of rotatable bonds is 6. The molecule has 0 saturated heterocycles. The lowest BCUT2D eigenvalue weighted by molar-refractivity contribution is 0.396. The summed E-state index contributed by atoms with van der Waals surface area (Å²) in [6.45, 7) is 28.3. The first-order valence-corrected chi connectivity index (χ1v) is 18.9. The van der Waals surface area contributed by atoms with E-state index in [1.165, 1.54) is 22.3 Å². The van der Waals surface area contributed by atoms with E-state index in [4.69, 9.17) is 13.8 Å². The fraction of sp³-hybridized carbons (Fsp3) is 0.442. The molecule has 0 fully saturated rings. The first-order valence-electron chi connectivity index (χ1n) is 17.0. The standard InChI is InChI=1S/C15H24O.C14H16O2P2.C14H22O/c1-14(2,3)11-8-9-13(16-7)12(10-11)15(4,5)6;1-18-16-14-9-5-3-7-12(14)10-11-6-2-4-8-13(11)15-17;1-13(2,3)10-7-8-12(15)11(9-10)14(4,5)6/h8-10H,1-7H3;2-9,18H,10,17H2,1H3;7-9,15H,1-6H3. The van der Waals surface area contributed by atoms with Crippen LogP contribution in [-0.2, 0) is 28.1 Å². The van der Waals surface area contributed by atoms with Crippen LogP contribution in [-0.4, -0.2) is 18.9 Å². The fourth-order valence-electron chi connectivity index (χ4n) is 5.19. The van der Waals surface area contributed by atoms with Crippen molar-refractivity contribution in [2.75, 3.05) is 13.8 Å². The van der Waals surface area contributed by atoms with Crippen LogP contribution in [0.3, 0.4) is 0 Å². The van der Waals surface area contributed by atoms with Crippen molar-refractivity contribution in [2.45, 2.75) is 111 Å². The molecule has 1 N–H and O–H groups in total. The number of methoxy groups -OCH3 is 1. The molecular weight excluding hydrogens is 642 g/mol. The number of phenols is 1. The van der Waals surface area contributed by atoms with E-state index in [1.54, 1.807) is 13.2 Å². The highest BCUT2D eigenvalue weighted by Gasteiger charge is 2.23. The van der Waals surface area contributed by atoms with Crippen molar-refractivity contribution in [2.24, 2.45) is 0 Å². The van der Waals surface area contributed by atoms with Gasteiger partial charge in [-0.25, -0.2) is 0 Å². The molecule has 49 heavy (non-hydrogen) atoms. The minimum atomic E-state index is -0.00859. The van der Waals surface area contributed by atoms with Gasteiger partial charge < -0.3 is 18.9 Å². The van der Waals surface area contributed by atoms with Crippen molar-refractivity contribution in [3.05, 3.63) is 118 Å². The summed E-state index contributed by atoms with van der Waals surface area (Å²) in [4.78, 5) is 0. The van der Waals surface area contributed by atoms with E-state index in [0.717, 1.165) is 34.8 Å². The van der Waals surface area contributed by atoms with Crippen molar-refractivity contribution in [3.8, 4) is 23.0 Å². The normalized spacial score (nSPS) is 12.1. The van der Waals surface area contributed by atoms with Gasteiger partial charge in [-0.1, -0.05) is 144 Å². The first-order chi connectivity index (χ1) is 22.6. The van der Waals surface area contributed by atoms with Gasteiger partial charge in [-0.15, -0.1) is 0 Å². The summed E-state index contributed by atoms with van der Waals surface area (Å²) in [7, 11) is 4.49. The molecule has 0 aliphatic heterocycles. The second-order valence-corrected chi connectivity index (χ2v) is 17.3. The summed E-state index contributed by atoms with van der Waals surface area (Å²) >= 11 is 0. The van der Waals surface area contributed by atoms with Gasteiger partial charge in [0, 0.05) is 6.42 Å². The molecule has 268 valence electrons. The highest BCUT2D eigenvalue weighted by molar-refractivity contribution is 7.31. The van der Waals surface area contributed by atoms with E-state index in [-0.39, 0.29) is 21.7 Å². The summed E-state index contributed by atoms with van der Waals surface area (Å²) in [5.74, 6) is 3.23. The molecule has 2 atom stereocenters. The Labute approximate surface area is 302 Å². The van der Waals surface area contributed by atoms with E-state index in [9.17, 15) is 5.11 Å². The second kappa shape index (κ2) is 17.7. The minimum Gasteiger partial charge on any atom is -0.508 e. The molecule has 0 amide bonds. The van der Waals surface area contributed by atoms with E-state index >= 15 is 0 Å². The third-order valence-corrected chi connectivity index (χ3v) is 8.89. The Balaban J connectivity index is 0.000000256. The van der Waals surface area contributed by atoms with Crippen molar-refractivity contribution < 1.29 is 18.9 Å². The number of para-hydroxylation sites is 2. The number of hydrogen-bond donors (Lipinski definition) is 1. The monoisotopic (exact) mass is 704 g/mol. The van der Waals surface area contributed by atoms with Crippen LogP contribution in [0.2, 0.25) is 0 Å². The topological polar surface area (TPSA) is 47.9 Å². The SMILES string of the molecule is CC(C)(C)c1ccc(O)c(C(C)(C)C)c1.COc1ccc(C(C)(C)C)cc1C(C)(C)C.CPOc1ccccc1Cc1ccccc1OP. The molecule has 2 unspecified atom stereocenters. The van der Waals surface area contributed by atoms with Gasteiger partial charge in [0.1, 0.15) is 23.0 Å². The lowest BCUT2D eigenvalue weighted by Gasteiger charge is -2.26. The Morgan fingerprint density at radius 1 is 0.571 bits per heavy atom. The van der Waals surface area contributed by atoms with E-state index in [0.29, 0.717) is 14.6 Å². The van der Waals surface area contributed by atoms with E-state index < -0.39 is 0 Å².